The second-order valence-corrected chi connectivity index (χ2v) is 6.76. The van der Waals surface area contributed by atoms with E-state index in [-0.39, 0.29) is 6.04 Å². The molecule has 0 unspecified atom stereocenters. The van der Waals surface area contributed by atoms with E-state index in [0.29, 0.717) is 11.4 Å². The summed E-state index contributed by atoms with van der Waals surface area (Å²) in [6.07, 6.45) is 1.72. The summed E-state index contributed by atoms with van der Waals surface area (Å²) in [4.78, 5) is 2.52. The maximum Gasteiger partial charge on any atom is 0.240 e. The summed E-state index contributed by atoms with van der Waals surface area (Å²) in [5, 5.41) is 0. The van der Waals surface area contributed by atoms with Crippen molar-refractivity contribution in [2.45, 2.75) is 30.3 Å². The summed E-state index contributed by atoms with van der Waals surface area (Å²) in [7, 11) is -1.36. The zero-order valence-corrected chi connectivity index (χ0v) is 12.0. The van der Waals surface area contributed by atoms with Crippen LogP contribution in [-0.2, 0) is 16.6 Å². The summed E-state index contributed by atoms with van der Waals surface area (Å²) < 4.78 is 27.2. The second kappa shape index (κ2) is 6.00. The quantitative estimate of drug-likeness (QED) is 0.844. The first-order valence-electron chi connectivity index (χ1n) is 6.51. The minimum atomic E-state index is -3.41. The maximum atomic E-state index is 12.2. The van der Waals surface area contributed by atoms with Gasteiger partial charge in [-0.25, -0.2) is 13.1 Å². The number of sulfonamides is 1. The Bertz CT molecular complexity index is 505. The van der Waals surface area contributed by atoms with Gasteiger partial charge in [0.15, 0.2) is 0 Å². The van der Waals surface area contributed by atoms with Crippen molar-refractivity contribution in [1.82, 2.24) is 9.62 Å². The summed E-state index contributed by atoms with van der Waals surface area (Å²) in [6, 6.07) is 6.76. The Hall–Kier alpha value is -0.950. The van der Waals surface area contributed by atoms with Crippen LogP contribution >= 0.6 is 0 Å². The van der Waals surface area contributed by atoms with E-state index in [9.17, 15) is 8.42 Å². The number of nitrogens with zero attached hydrogens (tertiary/aromatic N) is 1. The first-order chi connectivity index (χ1) is 9.01. The van der Waals surface area contributed by atoms with E-state index in [1.807, 2.05) is 0 Å². The van der Waals surface area contributed by atoms with Gasteiger partial charge in [0.25, 0.3) is 0 Å². The Kier molecular flexibility index (Phi) is 4.57. The zero-order chi connectivity index (χ0) is 13.9. The van der Waals surface area contributed by atoms with Crippen molar-refractivity contribution in [1.29, 1.82) is 0 Å². The van der Waals surface area contributed by atoms with Crippen molar-refractivity contribution < 1.29 is 8.42 Å². The molecule has 6 heteroatoms. The molecule has 2 rings (SSSR count). The first kappa shape index (κ1) is 14.5. The molecule has 0 bridgehead atoms. The van der Waals surface area contributed by atoms with Crippen LogP contribution in [0.15, 0.2) is 29.2 Å². The molecule has 19 heavy (non-hydrogen) atoms. The molecule has 106 valence electrons. The molecule has 1 aromatic carbocycles. The minimum Gasteiger partial charge on any atom is -0.326 e. The molecule has 1 aliphatic heterocycles. The normalized spacial score (nSPS) is 18.6. The van der Waals surface area contributed by atoms with E-state index in [4.69, 9.17) is 5.73 Å². The standard InChI is InChI=1S/C13H21N3O2S/c1-16-8-6-12(7-9-16)15-19(17,18)13-4-2-11(10-14)3-5-13/h2-5,12,15H,6-10,14H2,1H3. The summed E-state index contributed by atoms with van der Waals surface area (Å²) in [6.45, 7) is 2.28. The third-order valence-electron chi connectivity index (χ3n) is 3.51. The Labute approximate surface area is 114 Å². The molecule has 3 N–H and O–H groups in total. The molecule has 1 saturated heterocycles. The molecule has 0 atom stereocenters. The lowest BCUT2D eigenvalue weighted by molar-refractivity contribution is 0.248. The van der Waals surface area contributed by atoms with Gasteiger partial charge in [-0.2, -0.15) is 0 Å². The fourth-order valence-corrected chi connectivity index (χ4v) is 3.52. The molecule has 0 amide bonds. The molecule has 1 aromatic rings. The molecule has 1 aliphatic rings. The monoisotopic (exact) mass is 283 g/mol. The second-order valence-electron chi connectivity index (χ2n) is 5.05. The van der Waals surface area contributed by atoms with Gasteiger partial charge >= 0.3 is 0 Å². The van der Waals surface area contributed by atoms with Gasteiger partial charge in [0, 0.05) is 12.6 Å². The highest BCUT2D eigenvalue weighted by Crippen LogP contribution is 2.14. The molecule has 0 spiro atoms. The lowest BCUT2D eigenvalue weighted by atomic mass is 10.1. The Balaban J connectivity index is 2.05. The van der Waals surface area contributed by atoms with E-state index in [1.165, 1.54) is 0 Å². The number of nitrogens with one attached hydrogen (secondary N) is 1. The average Bonchev–Trinajstić information content (AvgIpc) is 2.41. The van der Waals surface area contributed by atoms with Crippen LogP contribution in [0.5, 0.6) is 0 Å². The smallest absolute Gasteiger partial charge is 0.240 e. The van der Waals surface area contributed by atoms with Crippen LogP contribution in [0.3, 0.4) is 0 Å². The summed E-state index contributed by atoms with van der Waals surface area (Å²) in [5.41, 5.74) is 6.43. The fourth-order valence-electron chi connectivity index (χ4n) is 2.22. The maximum absolute atomic E-state index is 12.2. The van der Waals surface area contributed by atoms with Gasteiger partial charge in [0.05, 0.1) is 4.90 Å². The lowest BCUT2D eigenvalue weighted by Crippen LogP contribution is -2.43. The number of piperidine rings is 1. The van der Waals surface area contributed by atoms with Gasteiger partial charge in [-0.05, 0) is 50.7 Å². The van der Waals surface area contributed by atoms with Gasteiger partial charge in [0.1, 0.15) is 0 Å². The predicted molar refractivity (Wildman–Crippen MR) is 75.2 cm³/mol. The van der Waals surface area contributed by atoms with E-state index < -0.39 is 10.0 Å². The van der Waals surface area contributed by atoms with E-state index in [0.717, 1.165) is 31.5 Å². The van der Waals surface area contributed by atoms with Crippen molar-refractivity contribution in [3.63, 3.8) is 0 Å². The van der Waals surface area contributed by atoms with Gasteiger partial charge in [-0.3, -0.25) is 0 Å². The molecule has 0 saturated carbocycles. The van der Waals surface area contributed by atoms with Crippen molar-refractivity contribution in [3.05, 3.63) is 29.8 Å². The van der Waals surface area contributed by atoms with Gasteiger partial charge in [0.2, 0.25) is 10.0 Å². The Morgan fingerprint density at radius 1 is 1.26 bits per heavy atom. The van der Waals surface area contributed by atoms with Gasteiger partial charge in [-0.15, -0.1) is 0 Å². The lowest BCUT2D eigenvalue weighted by Gasteiger charge is -2.29. The SMILES string of the molecule is CN1CCC(NS(=O)(=O)c2ccc(CN)cc2)CC1. The number of nitrogens with two attached hydrogens (primary N) is 1. The van der Waals surface area contributed by atoms with Crippen LogP contribution < -0.4 is 10.5 Å². The largest absolute Gasteiger partial charge is 0.326 e. The molecule has 0 radical (unpaired) electrons. The third kappa shape index (κ3) is 3.76. The molecular formula is C13H21N3O2S. The van der Waals surface area contributed by atoms with E-state index in [1.54, 1.807) is 24.3 Å². The third-order valence-corrected chi connectivity index (χ3v) is 5.05. The van der Waals surface area contributed by atoms with Crippen LogP contribution in [0, 0.1) is 0 Å². The summed E-state index contributed by atoms with van der Waals surface area (Å²) >= 11 is 0. The Morgan fingerprint density at radius 2 is 1.84 bits per heavy atom. The first-order valence-corrected chi connectivity index (χ1v) is 7.99. The molecule has 0 aliphatic carbocycles. The highest BCUT2D eigenvalue weighted by atomic mass is 32.2. The van der Waals surface area contributed by atoms with Crippen LogP contribution in [0.2, 0.25) is 0 Å². The van der Waals surface area contributed by atoms with Crippen molar-refractivity contribution in [2.24, 2.45) is 5.73 Å². The number of likely N-dealkylation sites (tertiary alicyclic amines) is 1. The number of hydrogen-bond acceptors (Lipinski definition) is 4. The molecule has 5 nitrogen and oxygen atoms in total. The predicted octanol–water partition coefficient (Wildman–Crippen LogP) is 0.518. The van der Waals surface area contributed by atoms with E-state index >= 15 is 0 Å². The van der Waals surface area contributed by atoms with Crippen molar-refractivity contribution >= 4 is 10.0 Å². The number of rotatable bonds is 4. The van der Waals surface area contributed by atoms with Crippen LogP contribution in [0.1, 0.15) is 18.4 Å². The average molecular weight is 283 g/mol. The van der Waals surface area contributed by atoms with Crippen LogP contribution in [-0.4, -0.2) is 39.5 Å². The van der Waals surface area contributed by atoms with Gasteiger partial charge < -0.3 is 10.6 Å². The van der Waals surface area contributed by atoms with E-state index in [2.05, 4.69) is 16.7 Å². The minimum absolute atomic E-state index is 0.0374. The van der Waals surface area contributed by atoms with Crippen molar-refractivity contribution in [2.75, 3.05) is 20.1 Å². The highest BCUT2D eigenvalue weighted by Gasteiger charge is 2.23. The zero-order valence-electron chi connectivity index (χ0n) is 11.2. The van der Waals surface area contributed by atoms with Crippen LogP contribution in [0.4, 0.5) is 0 Å². The number of hydrogen-bond donors (Lipinski definition) is 2. The number of benzene rings is 1. The summed E-state index contributed by atoms with van der Waals surface area (Å²) in [5.74, 6) is 0. The topological polar surface area (TPSA) is 75.4 Å². The fraction of sp³-hybridized carbons (Fsp3) is 0.538. The molecule has 1 fully saturated rings. The molecule has 0 aromatic heterocycles. The highest BCUT2D eigenvalue weighted by molar-refractivity contribution is 7.89. The Morgan fingerprint density at radius 3 is 2.37 bits per heavy atom. The molecule has 1 heterocycles. The van der Waals surface area contributed by atoms with Crippen LogP contribution in [0.25, 0.3) is 0 Å². The van der Waals surface area contributed by atoms with Gasteiger partial charge in [-0.1, -0.05) is 12.1 Å². The molecular weight excluding hydrogens is 262 g/mol. The van der Waals surface area contributed by atoms with Crippen molar-refractivity contribution in [3.8, 4) is 0 Å².